The molecule has 11 nitrogen and oxygen atoms in total. The first-order chi connectivity index (χ1) is 27.5. The molecule has 3 fully saturated rings. The van der Waals surface area contributed by atoms with Crippen molar-refractivity contribution in [2.75, 3.05) is 31.1 Å². The van der Waals surface area contributed by atoms with E-state index in [1.54, 1.807) is 30.3 Å². The molecule has 0 spiro atoms. The molecule has 8 rings (SSSR count). The topological polar surface area (TPSA) is 132 Å². The lowest BCUT2D eigenvalue weighted by molar-refractivity contribution is -0.136. The number of halogens is 2. The Balaban J connectivity index is 0.831. The van der Waals surface area contributed by atoms with Crippen LogP contribution < -0.4 is 10.2 Å². The summed E-state index contributed by atoms with van der Waals surface area (Å²) >= 11 is 6.28. The molecule has 3 aromatic carbocycles. The van der Waals surface area contributed by atoms with Crippen LogP contribution in [0.15, 0.2) is 54.6 Å². The molecule has 5 heterocycles. The van der Waals surface area contributed by atoms with E-state index in [4.69, 9.17) is 16.7 Å². The lowest BCUT2D eigenvalue weighted by Crippen LogP contribution is -2.54. The maximum absolute atomic E-state index is 15.3. The number of hydrogen-bond acceptors (Lipinski definition) is 8. The average Bonchev–Trinajstić information content (AvgIpc) is 3.63. The summed E-state index contributed by atoms with van der Waals surface area (Å²) in [5, 5.41) is 16.6. The summed E-state index contributed by atoms with van der Waals surface area (Å²) < 4.78 is 17.2. The number of imide groups is 2. The van der Waals surface area contributed by atoms with Gasteiger partial charge in [0.05, 0.1) is 39.5 Å². The molecule has 3 saturated heterocycles. The molecule has 4 amide bonds. The van der Waals surface area contributed by atoms with Crippen molar-refractivity contribution >= 4 is 40.9 Å². The van der Waals surface area contributed by atoms with Gasteiger partial charge < -0.3 is 9.80 Å². The number of aromatic nitrogens is 2. The number of nitrogens with one attached hydrogen (secondary N) is 1. The van der Waals surface area contributed by atoms with Crippen LogP contribution in [0, 0.1) is 48.8 Å². The number of likely N-dealkylation sites (tertiary alicyclic amines) is 1. The van der Waals surface area contributed by atoms with E-state index in [9.17, 15) is 24.4 Å². The summed E-state index contributed by atoms with van der Waals surface area (Å²) in [6.07, 6.45) is 3.97. The van der Waals surface area contributed by atoms with E-state index in [0.29, 0.717) is 34.3 Å². The Morgan fingerprint density at radius 2 is 1.61 bits per heavy atom. The van der Waals surface area contributed by atoms with Crippen molar-refractivity contribution in [3.8, 4) is 29.2 Å². The Morgan fingerprint density at radius 1 is 0.877 bits per heavy atom. The van der Waals surface area contributed by atoms with Gasteiger partial charge in [0.15, 0.2) is 0 Å². The second kappa shape index (κ2) is 15.6. The second-order valence-corrected chi connectivity index (χ2v) is 15.7. The molecule has 13 heteroatoms. The number of amides is 4. The van der Waals surface area contributed by atoms with Crippen molar-refractivity contribution in [2.45, 2.75) is 71.0 Å². The standard InChI is InChI=1S/C44H41ClFN7O4/c1-26-27(2)52(49-41(26)31-7-8-32(24-47)37(45)22-31)25-29-4-6-30(38(46)21-29)5-3-28-13-17-50(18-14-28)33-15-19-51(20-16-33)34-9-10-35-36(23-34)44(57)53(43(35)56)39-11-12-40(54)48-42(39)55/h4,6-10,21-23,28,33,39H,11-20,25H2,1-2H3,(H,48,54,55). The second-order valence-electron chi connectivity index (χ2n) is 15.3. The van der Waals surface area contributed by atoms with Gasteiger partial charge in [0.25, 0.3) is 11.8 Å². The molecule has 0 aliphatic carbocycles. The molecule has 0 bridgehead atoms. The van der Waals surface area contributed by atoms with Crippen molar-refractivity contribution < 1.29 is 23.6 Å². The van der Waals surface area contributed by atoms with Gasteiger partial charge in [0.2, 0.25) is 11.8 Å². The zero-order valence-electron chi connectivity index (χ0n) is 31.8. The number of fused-ring (bicyclic) bond motifs is 1. The Morgan fingerprint density at radius 3 is 2.32 bits per heavy atom. The predicted molar refractivity (Wildman–Crippen MR) is 212 cm³/mol. The van der Waals surface area contributed by atoms with E-state index in [-0.39, 0.29) is 30.1 Å². The first kappa shape index (κ1) is 38.1. The van der Waals surface area contributed by atoms with Gasteiger partial charge >= 0.3 is 0 Å². The van der Waals surface area contributed by atoms with Crippen molar-refractivity contribution in [2.24, 2.45) is 5.92 Å². The van der Waals surface area contributed by atoms with Crippen LogP contribution in [-0.2, 0) is 16.1 Å². The summed E-state index contributed by atoms with van der Waals surface area (Å²) in [5.41, 5.74) is 6.58. The first-order valence-electron chi connectivity index (χ1n) is 19.4. The van der Waals surface area contributed by atoms with E-state index < -0.39 is 29.7 Å². The number of benzene rings is 3. The molecular formula is C44H41ClFN7O4. The van der Waals surface area contributed by atoms with Crippen LogP contribution in [-0.4, -0.2) is 81.5 Å². The van der Waals surface area contributed by atoms with E-state index in [1.807, 2.05) is 36.7 Å². The lowest BCUT2D eigenvalue weighted by atomic mass is 9.93. The Kier molecular flexibility index (Phi) is 10.4. The van der Waals surface area contributed by atoms with Gasteiger partial charge in [-0.2, -0.15) is 10.4 Å². The molecule has 290 valence electrons. The van der Waals surface area contributed by atoms with Crippen molar-refractivity contribution in [3.05, 3.63) is 105 Å². The average molecular weight is 786 g/mol. The highest BCUT2D eigenvalue weighted by Crippen LogP contribution is 2.33. The fraction of sp³-hybridized carbons (Fsp3) is 0.364. The SMILES string of the molecule is Cc1c(-c2ccc(C#N)c(Cl)c2)nn(Cc2ccc(C#CC3CCN(C4CCN(c5ccc6c(c5)C(=O)N(C5CCC(=O)NC5=O)C6=O)CC4)CC3)c(F)c2)c1C. The van der Waals surface area contributed by atoms with Crippen LogP contribution >= 0.6 is 11.6 Å². The van der Waals surface area contributed by atoms with Gasteiger partial charge in [-0.05, 0) is 113 Å². The van der Waals surface area contributed by atoms with E-state index in [2.05, 4.69) is 33.0 Å². The number of anilines is 1. The van der Waals surface area contributed by atoms with Crippen LogP contribution in [0.1, 0.15) is 87.2 Å². The molecule has 1 unspecified atom stereocenters. The first-order valence-corrected chi connectivity index (χ1v) is 19.8. The van der Waals surface area contributed by atoms with Crippen LogP contribution in [0.3, 0.4) is 0 Å². The third-order valence-corrected chi connectivity index (χ3v) is 12.3. The van der Waals surface area contributed by atoms with Crippen LogP contribution in [0.5, 0.6) is 0 Å². The minimum atomic E-state index is -0.982. The minimum absolute atomic E-state index is 0.0844. The molecule has 1 N–H and O–H groups in total. The number of hydrogen-bond donors (Lipinski definition) is 1. The minimum Gasteiger partial charge on any atom is -0.371 e. The quantitative estimate of drug-likeness (QED) is 0.186. The highest BCUT2D eigenvalue weighted by Gasteiger charge is 2.45. The van der Waals surface area contributed by atoms with Gasteiger partial charge in [-0.15, -0.1) is 0 Å². The number of piperidine rings is 3. The Hall–Kier alpha value is -5.82. The molecule has 4 aliphatic rings. The van der Waals surface area contributed by atoms with Crippen LogP contribution in [0.4, 0.5) is 10.1 Å². The zero-order valence-corrected chi connectivity index (χ0v) is 32.5. The number of nitriles is 1. The normalized spacial score (nSPS) is 19.3. The molecular weight excluding hydrogens is 745 g/mol. The summed E-state index contributed by atoms with van der Waals surface area (Å²) in [6.45, 7) is 7.84. The molecule has 4 aliphatic heterocycles. The summed E-state index contributed by atoms with van der Waals surface area (Å²) in [6, 6.07) is 17.3. The van der Waals surface area contributed by atoms with Gasteiger partial charge in [0.1, 0.15) is 17.9 Å². The maximum atomic E-state index is 15.3. The third kappa shape index (κ3) is 7.43. The zero-order chi connectivity index (χ0) is 40.0. The van der Waals surface area contributed by atoms with E-state index in [0.717, 1.165) is 90.5 Å². The van der Waals surface area contributed by atoms with E-state index >= 15 is 4.39 Å². The summed E-state index contributed by atoms with van der Waals surface area (Å²) in [5.74, 6) is 4.28. The van der Waals surface area contributed by atoms with Crippen molar-refractivity contribution in [1.29, 1.82) is 5.26 Å². The van der Waals surface area contributed by atoms with Crippen LogP contribution in [0.25, 0.3) is 11.3 Å². The highest BCUT2D eigenvalue weighted by molar-refractivity contribution is 6.32. The Labute approximate surface area is 335 Å². The molecule has 4 aromatic rings. The summed E-state index contributed by atoms with van der Waals surface area (Å²) in [4.78, 5) is 56.3. The largest absolute Gasteiger partial charge is 0.371 e. The van der Waals surface area contributed by atoms with Gasteiger partial charge in [-0.25, -0.2) is 4.39 Å². The van der Waals surface area contributed by atoms with E-state index in [1.165, 1.54) is 6.07 Å². The molecule has 0 saturated carbocycles. The number of nitrogens with zero attached hydrogens (tertiary/aromatic N) is 6. The molecule has 57 heavy (non-hydrogen) atoms. The third-order valence-electron chi connectivity index (χ3n) is 11.9. The highest BCUT2D eigenvalue weighted by atomic mass is 35.5. The summed E-state index contributed by atoms with van der Waals surface area (Å²) in [7, 11) is 0. The number of carbonyl (C=O) groups is 4. The van der Waals surface area contributed by atoms with Gasteiger partial charge in [-0.1, -0.05) is 35.6 Å². The Bertz CT molecular complexity index is 2430. The maximum Gasteiger partial charge on any atom is 0.262 e. The lowest BCUT2D eigenvalue weighted by Gasteiger charge is -2.42. The fourth-order valence-electron chi connectivity index (χ4n) is 8.48. The van der Waals surface area contributed by atoms with Crippen molar-refractivity contribution in [3.63, 3.8) is 0 Å². The molecule has 1 aromatic heterocycles. The molecule has 0 radical (unpaired) electrons. The van der Waals surface area contributed by atoms with Crippen LogP contribution in [0.2, 0.25) is 5.02 Å². The fourth-order valence-corrected chi connectivity index (χ4v) is 8.70. The predicted octanol–water partition coefficient (Wildman–Crippen LogP) is 6.01. The molecule has 1 atom stereocenters. The van der Waals surface area contributed by atoms with Gasteiger partial charge in [0, 0.05) is 48.4 Å². The number of carbonyl (C=O) groups excluding carboxylic acids is 4. The number of rotatable bonds is 6. The van der Waals surface area contributed by atoms with Crippen molar-refractivity contribution in [1.82, 2.24) is 24.9 Å². The van der Waals surface area contributed by atoms with Gasteiger partial charge in [-0.3, -0.25) is 34.1 Å². The smallest absolute Gasteiger partial charge is 0.262 e. The monoisotopic (exact) mass is 785 g/mol.